The largest absolute Gasteiger partial charge is 0.508 e. The number of rotatable bonds is 8. The third kappa shape index (κ3) is 6.22. The predicted octanol–water partition coefficient (Wildman–Crippen LogP) is 4.51. The highest BCUT2D eigenvalue weighted by molar-refractivity contribution is 6.29. The van der Waals surface area contributed by atoms with Crippen molar-refractivity contribution in [3.63, 3.8) is 0 Å². The zero-order chi connectivity index (χ0) is 21.3. The third-order valence-corrected chi connectivity index (χ3v) is 4.45. The van der Waals surface area contributed by atoms with Crippen LogP contribution in [-0.4, -0.2) is 43.2 Å². The molecule has 0 fully saturated rings. The number of hydrogen-bond donors (Lipinski definition) is 2. The molecule has 0 heterocycles. The Morgan fingerprint density at radius 3 is 2.27 bits per heavy atom. The van der Waals surface area contributed by atoms with Crippen molar-refractivity contribution in [1.29, 1.82) is 0 Å². The van der Waals surface area contributed by atoms with Gasteiger partial charge in [0.2, 0.25) is 0 Å². The Balaban J connectivity index is 1.76. The Morgan fingerprint density at radius 2 is 1.63 bits per heavy atom. The molecule has 1 amide bonds. The van der Waals surface area contributed by atoms with Gasteiger partial charge in [0.15, 0.2) is 0 Å². The highest BCUT2D eigenvalue weighted by Gasteiger charge is 2.13. The summed E-state index contributed by atoms with van der Waals surface area (Å²) in [5, 5.41) is 12.5. The minimum atomic E-state index is -0.231. The van der Waals surface area contributed by atoms with Crippen LogP contribution in [0.25, 0.3) is 11.6 Å². The highest BCUT2D eigenvalue weighted by atomic mass is 16.5. The van der Waals surface area contributed by atoms with Gasteiger partial charge in [-0.1, -0.05) is 42.5 Å². The van der Waals surface area contributed by atoms with Gasteiger partial charge in [0, 0.05) is 17.8 Å². The minimum absolute atomic E-state index is 0.156. The lowest BCUT2D eigenvalue weighted by Crippen LogP contribution is -2.19. The van der Waals surface area contributed by atoms with E-state index in [1.165, 1.54) is 0 Å². The van der Waals surface area contributed by atoms with Gasteiger partial charge < -0.3 is 20.1 Å². The van der Waals surface area contributed by atoms with E-state index in [4.69, 9.17) is 4.74 Å². The van der Waals surface area contributed by atoms with Crippen LogP contribution in [0.3, 0.4) is 0 Å². The van der Waals surface area contributed by atoms with Crippen molar-refractivity contribution in [2.45, 2.75) is 0 Å². The van der Waals surface area contributed by atoms with E-state index in [0.717, 1.165) is 23.4 Å². The topological polar surface area (TPSA) is 61.8 Å². The number of aromatic hydroxyl groups is 1. The molecular formula is C25H26N2O3. The highest BCUT2D eigenvalue weighted by Crippen LogP contribution is 2.23. The quantitative estimate of drug-likeness (QED) is 0.430. The fourth-order valence-corrected chi connectivity index (χ4v) is 2.82. The number of nitrogens with one attached hydrogen (secondary N) is 1. The van der Waals surface area contributed by atoms with Crippen molar-refractivity contribution in [3.8, 4) is 11.5 Å². The van der Waals surface area contributed by atoms with Gasteiger partial charge in [-0.3, -0.25) is 4.79 Å². The summed E-state index contributed by atoms with van der Waals surface area (Å²) in [6.07, 6.45) is 1.83. The Morgan fingerprint density at radius 1 is 0.967 bits per heavy atom. The van der Waals surface area contributed by atoms with Gasteiger partial charge in [0.25, 0.3) is 5.91 Å². The number of carbonyl (C=O) groups is 1. The number of amides is 1. The van der Waals surface area contributed by atoms with E-state index < -0.39 is 0 Å². The molecule has 3 aromatic carbocycles. The lowest BCUT2D eigenvalue weighted by Gasteiger charge is -2.12. The molecule has 0 bridgehead atoms. The molecule has 0 saturated heterocycles. The molecule has 0 aliphatic rings. The Hall–Kier alpha value is -3.57. The number of phenols is 1. The molecule has 154 valence electrons. The summed E-state index contributed by atoms with van der Waals surface area (Å²) in [4.78, 5) is 15.1. The molecule has 0 aliphatic carbocycles. The first kappa shape index (κ1) is 21.1. The summed E-state index contributed by atoms with van der Waals surface area (Å²) in [6.45, 7) is 1.43. The van der Waals surface area contributed by atoms with Crippen LogP contribution in [0.1, 0.15) is 11.1 Å². The van der Waals surface area contributed by atoms with Gasteiger partial charge in [0.1, 0.15) is 18.1 Å². The first-order valence-electron chi connectivity index (χ1n) is 9.76. The van der Waals surface area contributed by atoms with Gasteiger partial charge in [0.05, 0.1) is 0 Å². The zero-order valence-electron chi connectivity index (χ0n) is 17.2. The molecule has 0 saturated carbocycles. The van der Waals surface area contributed by atoms with Crippen molar-refractivity contribution in [1.82, 2.24) is 4.90 Å². The number of anilines is 1. The van der Waals surface area contributed by atoms with Gasteiger partial charge in [-0.2, -0.15) is 0 Å². The molecule has 0 unspecified atom stereocenters. The summed E-state index contributed by atoms with van der Waals surface area (Å²) in [7, 11) is 3.99. The molecule has 5 heteroatoms. The standard InChI is InChI=1S/C25H26N2O3/c1-27(2)16-17-30-23-14-10-21(11-15-23)26-25(29)24(18-19-6-4-3-5-7-19)20-8-12-22(28)13-9-20/h3-15,18,28H,16-17H2,1-2H3,(H,26,29)/b24-18-. The number of phenolic OH excluding ortho intramolecular Hbond substituents is 1. The van der Waals surface area contributed by atoms with Gasteiger partial charge in [-0.15, -0.1) is 0 Å². The zero-order valence-corrected chi connectivity index (χ0v) is 17.2. The van der Waals surface area contributed by atoms with Crippen LogP contribution in [-0.2, 0) is 4.79 Å². The molecule has 30 heavy (non-hydrogen) atoms. The van der Waals surface area contributed by atoms with E-state index in [1.807, 2.05) is 74.8 Å². The van der Waals surface area contributed by atoms with E-state index in [0.29, 0.717) is 17.9 Å². The molecular weight excluding hydrogens is 376 g/mol. The summed E-state index contributed by atoms with van der Waals surface area (Å²) in [6, 6.07) is 23.6. The molecule has 0 atom stereocenters. The number of nitrogens with zero attached hydrogens (tertiary/aromatic N) is 1. The summed E-state index contributed by atoms with van der Waals surface area (Å²) in [5.74, 6) is 0.683. The van der Waals surface area contributed by atoms with Crippen molar-refractivity contribution in [2.24, 2.45) is 0 Å². The van der Waals surface area contributed by atoms with E-state index in [-0.39, 0.29) is 11.7 Å². The van der Waals surface area contributed by atoms with Crippen molar-refractivity contribution < 1.29 is 14.6 Å². The van der Waals surface area contributed by atoms with Crippen LogP contribution in [0.2, 0.25) is 0 Å². The van der Waals surface area contributed by atoms with Crippen LogP contribution in [0.4, 0.5) is 5.69 Å². The number of hydrogen-bond acceptors (Lipinski definition) is 4. The SMILES string of the molecule is CN(C)CCOc1ccc(NC(=O)/C(=C\c2ccccc2)c2ccc(O)cc2)cc1. The van der Waals surface area contributed by atoms with Gasteiger partial charge in [-0.25, -0.2) is 0 Å². The van der Waals surface area contributed by atoms with Gasteiger partial charge >= 0.3 is 0 Å². The van der Waals surface area contributed by atoms with Crippen LogP contribution >= 0.6 is 0 Å². The summed E-state index contributed by atoms with van der Waals surface area (Å²) in [5.41, 5.74) is 2.82. The molecule has 0 aliphatic heterocycles. The lowest BCUT2D eigenvalue weighted by atomic mass is 10.0. The van der Waals surface area contributed by atoms with E-state index in [9.17, 15) is 9.90 Å². The molecule has 0 radical (unpaired) electrons. The van der Waals surface area contributed by atoms with Crippen LogP contribution in [0, 0.1) is 0 Å². The second-order valence-corrected chi connectivity index (χ2v) is 7.15. The van der Waals surface area contributed by atoms with E-state index >= 15 is 0 Å². The minimum Gasteiger partial charge on any atom is -0.508 e. The van der Waals surface area contributed by atoms with E-state index in [2.05, 4.69) is 10.2 Å². The normalized spacial score (nSPS) is 11.4. The Bertz CT molecular complexity index is 979. The van der Waals surface area contributed by atoms with E-state index in [1.54, 1.807) is 24.3 Å². The summed E-state index contributed by atoms with van der Waals surface area (Å²) >= 11 is 0. The average Bonchev–Trinajstić information content (AvgIpc) is 2.74. The van der Waals surface area contributed by atoms with Gasteiger partial charge in [-0.05, 0) is 67.7 Å². The molecule has 5 nitrogen and oxygen atoms in total. The van der Waals surface area contributed by atoms with Crippen molar-refractivity contribution >= 4 is 23.2 Å². The van der Waals surface area contributed by atoms with Crippen LogP contribution < -0.4 is 10.1 Å². The number of ether oxygens (including phenoxy) is 1. The second-order valence-electron chi connectivity index (χ2n) is 7.15. The fourth-order valence-electron chi connectivity index (χ4n) is 2.82. The maximum Gasteiger partial charge on any atom is 0.256 e. The first-order valence-corrected chi connectivity index (χ1v) is 9.76. The number of carbonyl (C=O) groups excluding carboxylic acids is 1. The lowest BCUT2D eigenvalue weighted by molar-refractivity contribution is -0.111. The molecule has 0 spiro atoms. The molecule has 3 rings (SSSR count). The Kier molecular flexibility index (Phi) is 7.24. The number of likely N-dealkylation sites (N-methyl/N-ethyl adjacent to an activating group) is 1. The average molecular weight is 402 g/mol. The predicted molar refractivity (Wildman–Crippen MR) is 122 cm³/mol. The van der Waals surface area contributed by atoms with Crippen LogP contribution in [0.15, 0.2) is 78.9 Å². The second kappa shape index (κ2) is 10.3. The summed E-state index contributed by atoms with van der Waals surface area (Å²) < 4.78 is 5.69. The first-order chi connectivity index (χ1) is 14.5. The molecule has 3 aromatic rings. The fraction of sp³-hybridized carbons (Fsp3) is 0.160. The molecule has 0 aromatic heterocycles. The Labute approximate surface area is 177 Å². The third-order valence-electron chi connectivity index (χ3n) is 4.45. The number of benzene rings is 3. The maximum atomic E-state index is 13.1. The van der Waals surface area contributed by atoms with Crippen molar-refractivity contribution in [3.05, 3.63) is 90.0 Å². The monoisotopic (exact) mass is 402 g/mol. The van der Waals surface area contributed by atoms with Crippen molar-refractivity contribution in [2.75, 3.05) is 32.6 Å². The smallest absolute Gasteiger partial charge is 0.256 e. The maximum absolute atomic E-state index is 13.1. The molecule has 2 N–H and O–H groups in total. The van der Waals surface area contributed by atoms with Crippen LogP contribution in [0.5, 0.6) is 11.5 Å².